The van der Waals surface area contributed by atoms with Crippen molar-refractivity contribution in [2.24, 2.45) is 5.92 Å². The third-order valence-electron chi connectivity index (χ3n) is 4.65. The van der Waals surface area contributed by atoms with E-state index in [0.29, 0.717) is 12.5 Å². The molecule has 0 spiro atoms. The molecule has 2 amide bonds. The lowest BCUT2D eigenvalue weighted by atomic mass is 9.94. The molecule has 0 aromatic carbocycles. The number of hydrogen-bond donors (Lipinski definition) is 1. The molecular weight excluding hydrogens is 330 g/mol. The Balaban J connectivity index is 1.57. The molecule has 1 N–H and O–H groups in total. The van der Waals surface area contributed by atoms with Crippen molar-refractivity contribution in [2.75, 3.05) is 12.4 Å². The molecule has 1 aliphatic rings. The zero-order valence-corrected chi connectivity index (χ0v) is 15.7. The van der Waals surface area contributed by atoms with Gasteiger partial charge in [-0.15, -0.1) is 0 Å². The zero-order chi connectivity index (χ0) is 18.5. The minimum absolute atomic E-state index is 0.190. The molecule has 7 heteroatoms. The van der Waals surface area contributed by atoms with Gasteiger partial charge in [0, 0.05) is 31.6 Å². The standard InChI is InChI=1S/C19H27N5O2/c1-14(2)17-11-16(22-26-17)13-23(3)19(25)21-18-9-10-20-24(18)12-15-7-5-4-6-8-15/h4-5,9-11,14-15H,6-8,12-13H2,1-3H3,(H,21,25)/t15-/m0/s1. The van der Waals surface area contributed by atoms with Gasteiger partial charge < -0.3 is 9.42 Å². The monoisotopic (exact) mass is 357 g/mol. The molecule has 0 saturated carbocycles. The maximum atomic E-state index is 12.5. The molecule has 0 bridgehead atoms. The Morgan fingerprint density at radius 3 is 3.00 bits per heavy atom. The van der Waals surface area contributed by atoms with Gasteiger partial charge in [-0.1, -0.05) is 31.2 Å². The van der Waals surface area contributed by atoms with Crippen molar-refractivity contribution in [3.8, 4) is 0 Å². The maximum absolute atomic E-state index is 12.5. The second-order valence-corrected chi connectivity index (χ2v) is 7.21. The quantitative estimate of drug-likeness (QED) is 0.792. The molecule has 3 rings (SSSR count). The lowest BCUT2D eigenvalue weighted by Crippen LogP contribution is -2.32. The van der Waals surface area contributed by atoms with E-state index in [1.807, 2.05) is 30.7 Å². The first-order valence-corrected chi connectivity index (χ1v) is 9.17. The van der Waals surface area contributed by atoms with Crippen molar-refractivity contribution in [3.05, 3.63) is 41.9 Å². The minimum Gasteiger partial charge on any atom is -0.361 e. The summed E-state index contributed by atoms with van der Waals surface area (Å²) in [6.45, 7) is 5.30. The van der Waals surface area contributed by atoms with E-state index in [4.69, 9.17) is 4.52 Å². The molecule has 2 aromatic rings. The topological polar surface area (TPSA) is 76.2 Å². The Morgan fingerprint density at radius 2 is 2.31 bits per heavy atom. The summed E-state index contributed by atoms with van der Waals surface area (Å²) in [5, 5.41) is 11.3. The van der Waals surface area contributed by atoms with E-state index in [1.54, 1.807) is 18.1 Å². The Labute approximate surface area is 154 Å². The van der Waals surface area contributed by atoms with Gasteiger partial charge in [0.2, 0.25) is 0 Å². The fourth-order valence-electron chi connectivity index (χ4n) is 3.05. The van der Waals surface area contributed by atoms with E-state index in [-0.39, 0.29) is 11.9 Å². The smallest absolute Gasteiger partial charge is 0.323 e. The van der Waals surface area contributed by atoms with Crippen LogP contribution in [0.15, 0.2) is 35.0 Å². The Kier molecular flexibility index (Phi) is 5.75. The van der Waals surface area contributed by atoms with E-state index in [2.05, 4.69) is 27.7 Å². The van der Waals surface area contributed by atoms with Gasteiger partial charge in [-0.2, -0.15) is 5.10 Å². The van der Waals surface area contributed by atoms with Gasteiger partial charge in [-0.05, 0) is 25.2 Å². The average Bonchev–Trinajstić information content (AvgIpc) is 3.26. The van der Waals surface area contributed by atoms with E-state index in [0.717, 1.165) is 43.1 Å². The van der Waals surface area contributed by atoms with E-state index in [1.165, 1.54) is 0 Å². The molecule has 7 nitrogen and oxygen atoms in total. The van der Waals surface area contributed by atoms with Crippen LogP contribution in [0.5, 0.6) is 0 Å². The summed E-state index contributed by atoms with van der Waals surface area (Å²) in [7, 11) is 1.74. The van der Waals surface area contributed by atoms with Gasteiger partial charge in [0.25, 0.3) is 0 Å². The fourth-order valence-corrected chi connectivity index (χ4v) is 3.05. The van der Waals surface area contributed by atoms with Crippen LogP contribution >= 0.6 is 0 Å². The highest BCUT2D eigenvalue weighted by atomic mass is 16.5. The first-order valence-electron chi connectivity index (χ1n) is 9.17. The number of urea groups is 1. The molecule has 0 radical (unpaired) electrons. The van der Waals surface area contributed by atoms with Crippen LogP contribution in [0.3, 0.4) is 0 Å². The highest BCUT2D eigenvalue weighted by Gasteiger charge is 2.17. The van der Waals surface area contributed by atoms with Crippen molar-refractivity contribution in [3.63, 3.8) is 0 Å². The van der Waals surface area contributed by atoms with Gasteiger partial charge in [0.05, 0.1) is 12.7 Å². The van der Waals surface area contributed by atoms with Crippen LogP contribution in [0.4, 0.5) is 10.6 Å². The fraction of sp³-hybridized carbons (Fsp3) is 0.526. The van der Waals surface area contributed by atoms with Crippen LogP contribution in [0.2, 0.25) is 0 Å². The zero-order valence-electron chi connectivity index (χ0n) is 15.7. The molecule has 140 valence electrons. The van der Waals surface area contributed by atoms with Gasteiger partial charge in [-0.3, -0.25) is 5.32 Å². The number of amides is 2. The first kappa shape index (κ1) is 18.2. The van der Waals surface area contributed by atoms with Crippen molar-refractivity contribution < 1.29 is 9.32 Å². The maximum Gasteiger partial charge on any atom is 0.323 e. The Morgan fingerprint density at radius 1 is 1.46 bits per heavy atom. The molecule has 0 fully saturated rings. The first-order chi connectivity index (χ1) is 12.5. The normalized spacial score (nSPS) is 16.8. The molecule has 1 atom stereocenters. The van der Waals surface area contributed by atoms with Crippen LogP contribution in [-0.2, 0) is 13.1 Å². The van der Waals surface area contributed by atoms with Crippen LogP contribution < -0.4 is 5.32 Å². The number of hydrogen-bond acceptors (Lipinski definition) is 4. The average molecular weight is 357 g/mol. The lowest BCUT2D eigenvalue weighted by Gasteiger charge is -2.20. The highest BCUT2D eigenvalue weighted by Crippen LogP contribution is 2.22. The summed E-state index contributed by atoms with van der Waals surface area (Å²) in [5.41, 5.74) is 0.744. The minimum atomic E-state index is -0.190. The van der Waals surface area contributed by atoms with Crippen LogP contribution in [0.1, 0.15) is 50.5 Å². The van der Waals surface area contributed by atoms with Crippen molar-refractivity contribution in [2.45, 2.75) is 52.1 Å². The number of allylic oxidation sites excluding steroid dienone is 2. The second-order valence-electron chi connectivity index (χ2n) is 7.21. The summed E-state index contributed by atoms with van der Waals surface area (Å²) in [6.07, 6.45) is 9.53. The van der Waals surface area contributed by atoms with Crippen molar-refractivity contribution in [1.29, 1.82) is 0 Å². The van der Waals surface area contributed by atoms with Crippen molar-refractivity contribution in [1.82, 2.24) is 19.8 Å². The van der Waals surface area contributed by atoms with Crippen LogP contribution in [0.25, 0.3) is 0 Å². The SMILES string of the molecule is CC(C)c1cc(CN(C)C(=O)Nc2ccnn2C[C@H]2CC=CCC2)no1. The van der Waals surface area contributed by atoms with E-state index in [9.17, 15) is 4.79 Å². The summed E-state index contributed by atoms with van der Waals surface area (Å²) in [6, 6.07) is 3.54. The number of rotatable bonds is 6. The summed E-state index contributed by atoms with van der Waals surface area (Å²) in [5.74, 6) is 2.39. The molecule has 26 heavy (non-hydrogen) atoms. The van der Waals surface area contributed by atoms with Crippen molar-refractivity contribution >= 4 is 11.8 Å². The number of anilines is 1. The van der Waals surface area contributed by atoms with Gasteiger partial charge >= 0.3 is 6.03 Å². The summed E-state index contributed by atoms with van der Waals surface area (Å²) < 4.78 is 7.17. The number of carbonyl (C=O) groups excluding carboxylic acids is 1. The Bertz CT molecular complexity index is 762. The van der Waals surface area contributed by atoms with Crippen LogP contribution in [0, 0.1) is 5.92 Å². The number of carbonyl (C=O) groups is 1. The molecule has 1 aliphatic carbocycles. The third-order valence-corrected chi connectivity index (χ3v) is 4.65. The molecule has 0 unspecified atom stereocenters. The summed E-state index contributed by atoms with van der Waals surface area (Å²) in [4.78, 5) is 14.1. The molecule has 2 aromatic heterocycles. The molecular formula is C19H27N5O2. The van der Waals surface area contributed by atoms with E-state index >= 15 is 0 Å². The summed E-state index contributed by atoms with van der Waals surface area (Å²) >= 11 is 0. The Hall–Kier alpha value is -2.57. The molecule has 0 saturated heterocycles. The van der Waals surface area contributed by atoms with Gasteiger partial charge in [-0.25, -0.2) is 9.48 Å². The number of nitrogens with one attached hydrogen (secondary N) is 1. The lowest BCUT2D eigenvalue weighted by molar-refractivity contribution is 0.219. The van der Waals surface area contributed by atoms with Crippen LogP contribution in [-0.4, -0.2) is 32.9 Å². The second kappa shape index (κ2) is 8.21. The third kappa shape index (κ3) is 4.53. The molecule has 0 aliphatic heterocycles. The number of aromatic nitrogens is 3. The predicted octanol–water partition coefficient (Wildman–Crippen LogP) is 4.01. The van der Waals surface area contributed by atoms with E-state index < -0.39 is 0 Å². The van der Waals surface area contributed by atoms with Gasteiger partial charge in [0.15, 0.2) is 0 Å². The number of nitrogens with zero attached hydrogens (tertiary/aromatic N) is 4. The highest BCUT2D eigenvalue weighted by molar-refractivity contribution is 5.88. The largest absolute Gasteiger partial charge is 0.361 e. The predicted molar refractivity (Wildman–Crippen MR) is 99.8 cm³/mol. The molecule has 2 heterocycles. The van der Waals surface area contributed by atoms with Gasteiger partial charge in [0.1, 0.15) is 17.3 Å².